The van der Waals surface area contributed by atoms with Crippen molar-refractivity contribution < 1.29 is 13.2 Å². The van der Waals surface area contributed by atoms with Crippen LogP contribution in [0.3, 0.4) is 0 Å². The predicted molar refractivity (Wildman–Crippen MR) is 114 cm³/mol. The molecule has 1 aromatic rings. The smallest absolute Gasteiger partial charge is 0.254 e. The van der Waals surface area contributed by atoms with Crippen LogP contribution in [0.1, 0.15) is 81.0 Å². The molecule has 1 aliphatic carbocycles. The van der Waals surface area contributed by atoms with Gasteiger partial charge in [-0.25, -0.2) is 8.42 Å². The molecule has 2 heterocycles. The van der Waals surface area contributed by atoms with Gasteiger partial charge in [-0.1, -0.05) is 44.6 Å². The number of benzene rings is 1. The minimum absolute atomic E-state index is 0.000923. The van der Waals surface area contributed by atoms with Crippen molar-refractivity contribution in [2.75, 3.05) is 19.6 Å². The van der Waals surface area contributed by atoms with Crippen molar-refractivity contribution in [3.63, 3.8) is 0 Å². The van der Waals surface area contributed by atoms with E-state index in [1.807, 2.05) is 4.90 Å². The van der Waals surface area contributed by atoms with E-state index in [4.69, 9.17) is 0 Å². The lowest BCUT2D eigenvalue weighted by molar-refractivity contribution is 0.0711. The summed E-state index contributed by atoms with van der Waals surface area (Å²) in [6, 6.07) is 7.03. The summed E-state index contributed by atoms with van der Waals surface area (Å²) in [6.45, 7) is 1.95. The lowest BCUT2D eigenvalue weighted by atomic mass is 9.84. The maximum atomic E-state index is 13.3. The molecular formula is C23H34N2O3S. The molecule has 1 atom stereocenters. The highest BCUT2D eigenvalue weighted by molar-refractivity contribution is 7.89. The Morgan fingerprint density at radius 2 is 1.62 bits per heavy atom. The number of sulfonamides is 1. The van der Waals surface area contributed by atoms with Crippen LogP contribution in [-0.4, -0.2) is 49.2 Å². The average Bonchev–Trinajstić information content (AvgIpc) is 3.22. The molecule has 0 spiro atoms. The van der Waals surface area contributed by atoms with Crippen molar-refractivity contribution in [3.8, 4) is 0 Å². The normalized spacial score (nSPS) is 24.7. The lowest BCUT2D eigenvalue weighted by Crippen LogP contribution is -2.37. The molecule has 0 radical (unpaired) electrons. The third kappa shape index (κ3) is 4.69. The molecule has 4 rings (SSSR count). The van der Waals surface area contributed by atoms with Crippen molar-refractivity contribution in [3.05, 3.63) is 29.8 Å². The SMILES string of the molecule is O=C(c1cccc(S(=O)(=O)N2CCCCC2)c1)N1CCCC1CC1CCCCC1. The highest BCUT2D eigenvalue weighted by Gasteiger charge is 2.32. The van der Waals surface area contributed by atoms with Crippen molar-refractivity contribution in [2.45, 2.75) is 81.6 Å². The van der Waals surface area contributed by atoms with Gasteiger partial charge in [0.2, 0.25) is 10.0 Å². The molecule has 2 aliphatic heterocycles. The fourth-order valence-electron chi connectivity index (χ4n) is 5.37. The van der Waals surface area contributed by atoms with Gasteiger partial charge in [0, 0.05) is 31.2 Å². The van der Waals surface area contributed by atoms with Gasteiger partial charge in [0.15, 0.2) is 0 Å². The van der Waals surface area contributed by atoms with Crippen LogP contribution < -0.4 is 0 Å². The molecule has 1 amide bonds. The van der Waals surface area contributed by atoms with Crippen LogP contribution in [0.4, 0.5) is 0 Å². The van der Waals surface area contributed by atoms with E-state index in [-0.39, 0.29) is 10.8 Å². The quantitative estimate of drug-likeness (QED) is 0.710. The average molecular weight is 419 g/mol. The van der Waals surface area contributed by atoms with Gasteiger partial charge in [-0.15, -0.1) is 0 Å². The van der Waals surface area contributed by atoms with E-state index in [1.54, 1.807) is 28.6 Å². The van der Waals surface area contributed by atoms with E-state index < -0.39 is 10.0 Å². The Balaban J connectivity index is 1.49. The molecule has 160 valence electrons. The van der Waals surface area contributed by atoms with E-state index in [9.17, 15) is 13.2 Å². The highest BCUT2D eigenvalue weighted by atomic mass is 32.2. The monoisotopic (exact) mass is 418 g/mol. The molecule has 0 N–H and O–H groups in total. The van der Waals surface area contributed by atoms with Crippen molar-refractivity contribution in [1.82, 2.24) is 9.21 Å². The molecule has 0 bridgehead atoms. The van der Waals surface area contributed by atoms with E-state index in [2.05, 4.69) is 0 Å². The Labute approximate surface area is 175 Å². The maximum absolute atomic E-state index is 13.3. The van der Waals surface area contributed by atoms with Crippen LogP contribution in [0, 0.1) is 5.92 Å². The Bertz CT molecular complexity index is 811. The van der Waals surface area contributed by atoms with Crippen molar-refractivity contribution >= 4 is 15.9 Å². The van der Waals surface area contributed by atoms with Gasteiger partial charge in [-0.05, 0) is 56.2 Å². The number of carbonyl (C=O) groups is 1. The number of nitrogens with zero attached hydrogens (tertiary/aromatic N) is 2. The van der Waals surface area contributed by atoms with Crippen LogP contribution >= 0.6 is 0 Å². The fraction of sp³-hybridized carbons (Fsp3) is 0.696. The Hall–Kier alpha value is -1.40. The first-order valence-electron chi connectivity index (χ1n) is 11.5. The zero-order valence-electron chi connectivity index (χ0n) is 17.4. The number of hydrogen-bond acceptors (Lipinski definition) is 3. The van der Waals surface area contributed by atoms with Gasteiger partial charge < -0.3 is 4.90 Å². The van der Waals surface area contributed by atoms with Gasteiger partial charge in [-0.2, -0.15) is 4.31 Å². The molecular weight excluding hydrogens is 384 g/mol. The second kappa shape index (κ2) is 9.17. The summed E-state index contributed by atoms with van der Waals surface area (Å²) in [6.07, 6.45) is 12.7. The van der Waals surface area contributed by atoms with Crippen LogP contribution in [0.15, 0.2) is 29.2 Å². The summed E-state index contributed by atoms with van der Waals surface area (Å²) >= 11 is 0. The summed E-state index contributed by atoms with van der Waals surface area (Å²) < 4.78 is 27.6. The zero-order valence-corrected chi connectivity index (χ0v) is 18.2. The maximum Gasteiger partial charge on any atom is 0.254 e. The lowest BCUT2D eigenvalue weighted by Gasteiger charge is -2.30. The van der Waals surface area contributed by atoms with E-state index in [0.29, 0.717) is 24.7 Å². The second-order valence-electron chi connectivity index (χ2n) is 9.03. The van der Waals surface area contributed by atoms with Gasteiger partial charge in [0.25, 0.3) is 5.91 Å². The standard InChI is InChI=1S/C23H34N2O3S/c26-23(25-16-8-12-21(25)17-19-9-3-1-4-10-19)20-11-7-13-22(18-20)29(27,28)24-14-5-2-6-15-24/h7,11,13,18-19,21H,1-6,8-10,12,14-17H2. The Morgan fingerprint density at radius 1 is 0.897 bits per heavy atom. The van der Waals surface area contributed by atoms with Crippen molar-refractivity contribution in [1.29, 1.82) is 0 Å². The molecule has 5 nitrogen and oxygen atoms in total. The molecule has 6 heteroatoms. The molecule has 29 heavy (non-hydrogen) atoms. The van der Waals surface area contributed by atoms with Gasteiger partial charge in [0.1, 0.15) is 0 Å². The first-order valence-corrected chi connectivity index (χ1v) is 12.9. The van der Waals surface area contributed by atoms with Crippen LogP contribution in [0.5, 0.6) is 0 Å². The summed E-state index contributed by atoms with van der Waals surface area (Å²) in [5, 5.41) is 0. The largest absolute Gasteiger partial charge is 0.336 e. The van der Waals surface area contributed by atoms with Crippen LogP contribution in [0.2, 0.25) is 0 Å². The highest BCUT2D eigenvalue weighted by Crippen LogP contribution is 2.33. The Kier molecular flexibility index (Phi) is 6.60. The predicted octanol–water partition coefficient (Wildman–Crippen LogP) is 4.44. The first kappa shape index (κ1) is 20.9. The number of likely N-dealkylation sites (tertiary alicyclic amines) is 1. The van der Waals surface area contributed by atoms with Gasteiger partial charge in [0.05, 0.1) is 4.90 Å². The van der Waals surface area contributed by atoms with E-state index in [1.165, 1.54) is 32.1 Å². The van der Waals surface area contributed by atoms with Crippen molar-refractivity contribution in [2.24, 2.45) is 5.92 Å². The third-order valence-electron chi connectivity index (χ3n) is 7.00. The minimum atomic E-state index is -3.52. The van der Waals surface area contributed by atoms with E-state index in [0.717, 1.165) is 51.0 Å². The molecule has 0 aromatic heterocycles. The molecule has 1 saturated carbocycles. The first-order chi connectivity index (χ1) is 14.1. The number of piperidine rings is 1. The molecule has 1 unspecified atom stereocenters. The zero-order chi connectivity index (χ0) is 20.3. The number of hydrogen-bond donors (Lipinski definition) is 0. The number of rotatable bonds is 5. The minimum Gasteiger partial charge on any atom is -0.336 e. The molecule has 3 aliphatic rings. The van der Waals surface area contributed by atoms with Crippen LogP contribution in [-0.2, 0) is 10.0 Å². The second-order valence-corrected chi connectivity index (χ2v) is 11.0. The number of carbonyl (C=O) groups excluding carboxylic acids is 1. The summed E-state index contributed by atoms with van der Waals surface area (Å²) in [7, 11) is -3.52. The van der Waals surface area contributed by atoms with E-state index >= 15 is 0 Å². The van der Waals surface area contributed by atoms with Gasteiger partial charge >= 0.3 is 0 Å². The van der Waals surface area contributed by atoms with Crippen LogP contribution in [0.25, 0.3) is 0 Å². The number of amides is 1. The molecule has 2 saturated heterocycles. The summed E-state index contributed by atoms with van der Waals surface area (Å²) in [5.74, 6) is 0.743. The molecule has 3 fully saturated rings. The summed E-state index contributed by atoms with van der Waals surface area (Å²) in [4.78, 5) is 15.5. The third-order valence-corrected chi connectivity index (χ3v) is 8.90. The molecule has 1 aromatic carbocycles. The fourth-order valence-corrected chi connectivity index (χ4v) is 6.93. The Morgan fingerprint density at radius 3 is 2.38 bits per heavy atom. The van der Waals surface area contributed by atoms with Gasteiger partial charge in [-0.3, -0.25) is 4.79 Å². The topological polar surface area (TPSA) is 57.7 Å². The summed E-state index contributed by atoms with van der Waals surface area (Å²) in [5.41, 5.74) is 0.513.